The summed E-state index contributed by atoms with van der Waals surface area (Å²) in [6.45, 7) is 0. The Morgan fingerprint density at radius 2 is 1.40 bits per heavy atom. The van der Waals surface area contributed by atoms with E-state index >= 15 is 0 Å². The first-order valence-corrected chi connectivity index (χ1v) is 7.67. The summed E-state index contributed by atoms with van der Waals surface area (Å²) in [4.78, 5) is 0. The van der Waals surface area contributed by atoms with E-state index in [4.69, 9.17) is 0 Å². The van der Waals surface area contributed by atoms with Gasteiger partial charge in [-0.1, -0.05) is 48.5 Å². The van der Waals surface area contributed by atoms with E-state index in [9.17, 15) is 0 Å². The minimum absolute atomic E-state index is 1.26. The minimum Gasteiger partial charge on any atom is -0.316 e. The van der Waals surface area contributed by atoms with Crippen molar-refractivity contribution in [1.82, 2.24) is 4.40 Å². The maximum atomic E-state index is 2.47. The lowest BCUT2D eigenvalue weighted by Gasteiger charge is -2.13. The van der Waals surface area contributed by atoms with Crippen molar-refractivity contribution >= 4 is 39.0 Å². The molecule has 2 heterocycles. The zero-order chi connectivity index (χ0) is 13.5. The van der Waals surface area contributed by atoms with Crippen LogP contribution in [0.1, 0.15) is 0 Å². The first kappa shape index (κ1) is 12.0. The summed E-state index contributed by atoms with van der Waals surface area (Å²) in [5.74, 6) is 0. The van der Waals surface area contributed by atoms with Crippen molar-refractivity contribution in [2.24, 2.45) is 0 Å². The fourth-order valence-corrected chi connectivity index (χ4v) is 3.83. The second kappa shape index (κ2) is 4.63. The number of hydrogen-bond acceptors (Lipinski definition) is 0. The van der Waals surface area contributed by atoms with Crippen LogP contribution in [-0.4, -0.2) is 4.40 Å². The van der Waals surface area contributed by atoms with Gasteiger partial charge in [-0.15, -0.1) is 0 Å². The molecule has 0 unspecified atom stereocenters. The third-order valence-corrected chi connectivity index (χ3v) is 4.81. The van der Waals surface area contributed by atoms with Gasteiger partial charge in [-0.3, -0.25) is 0 Å². The van der Waals surface area contributed by atoms with E-state index < -0.39 is 0 Å². The molecular formula is C18H12IN. The summed E-state index contributed by atoms with van der Waals surface area (Å²) in [5.41, 5.74) is 5.11. The molecule has 0 bridgehead atoms. The fourth-order valence-electron chi connectivity index (χ4n) is 2.79. The number of pyridine rings is 1. The smallest absolute Gasteiger partial charge is 0.0545 e. The Morgan fingerprint density at radius 1 is 0.700 bits per heavy atom. The van der Waals surface area contributed by atoms with Gasteiger partial charge in [-0.05, 0) is 46.4 Å². The highest BCUT2D eigenvalue weighted by Crippen LogP contribution is 2.35. The zero-order valence-electron chi connectivity index (χ0n) is 10.8. The zero-order valence-corrected chi connectivity index (χ0v) is 12.9. The van der Waals surface area contributed by atoms with E-state index in [1.54, 1.807) is 0 Å². The standard InChI is InChI=1S/C18H12IN/c19-18-14-9-4-5-10-15(14)20-12-6-11-16(20)17(18)13-7-2-1-3-8-13/h1-12H. The number of para-hydroxylation sites is 1. The predicted molar refractivity (Wildman–Crippen MR) is 93.1 cm³/mol. The van der Waals surface area contributed by atoms with Crippen LogP contribution in [0.15, 0.2) is 72.9 Å². The molecule has 1 nitrogen and oxygen atoms in total. The average Bonchev–Trinajstić information content (AvgIpc) is 2.98. The quantitative estimate of drug-likeness (QED) is 0.398. The van der Waals surface area contributed by atoms with Crippen LogP contribution in [0.4, 0.5) is 0 Å². The van der Waals surface area contributed by atoms with Crippen LogP contribution in [-0.2, 0) is 0 Å². The molecule has 0 saturated heterocycles. The number of hydrogen-bond donors (Lipinski definition) is 0. The van der Waals surface area contributed by atoms with Crippen molar-refractivity contribution in [1.29, 1.82) is 0 Å². The third kappa shape index (κ3) is 1.68. The highest BCUT2D eigenvalue weighted by atomic mass is 127. The molecule has 2 heteroatoms. The number of nitrogens with zero attached hydrogens (tertiary/aromatic N) is 1. The van der Waals surface area contributed by atoms with Gasteiger partial charge in [0.1, 0.15) is 0 Å². The van der Waals surface area contributed by atoms with Crippen molar-refractivity contribution in [3.63, 3.8) is 0 Å². The van der Waals surface area contributed by atoms with Crippen LogP contribution >= 0.6 is 22.6 Å². The predicted octanol–water partition coefficient (Wildman–Crippen LogP) is 5.36. The molecule has 2 aromatic carbocycles. The number of rotatable bonds is 1. The van der Waals surface area contributed by atoms with Crippen LogP contribution in [0, 0.1) is 3.57 Å². The molecule has 2 aromatic heterocycles. The third-order valence-electron chi connectivity index (χ3n) is 3.69. The Labute approximate surface area is 131 Å². The van der Waals surface area contributed by atoms with Crippen LogP contribution < -0.4 is 0 Å². The van der Waals surface area contributed by atoms with Gasteiger partial charge in [-0.2, -0.15) is 0 Å². The van der Waals surface area contributed by atoms with Gasteiger partial charge < -0.3 is 4.40 Å². The van der Waals surface area contributed by atoms with Gasteiger partial charge >= 0.3 is 0 Å². The van der Waals surface area contributed by atoms with E-state index in [0.717, 1.165) is 0 Å². The largest absolute Gasteiger partial charge is 0.316 e. The highest BCUT2D eigenvalue weighted by molar-refractivity contribution is 14.1. The van der Waals surface area contributed by atoms with Gasteiger partial charge in [0, 0.05) is 20.7 Å². The number of fused-ring (bicyclic) bond motifs is 3. The van der Waals surface area contributed by atoms with Gasteiger partial charge in [0.15, 0.2) is 0 Å². The molecule has 0 fully saturated rings. The van der Waals surface area contributed by atoms with Crippen molar-refractivity contribution in [2.75, 3.05) is 0 Å². The molecule has 0 spiro atoms. The lowest BCUT2D eigenvalue weighted by Crippen LogP contribution is -1.94. The van der Waals surface area contributed by atoms with Crippen molar-refractivity contribution in [3.05, 3.63) is 76.5 Å². The first-order chi connectivity index (χ1) is 9.86. The summed E-state index contributed by atoms with van der Waals surface area (Å²) in [6.07, 6.45) is 2.14. The molecule has 0 amide bonds. The Bertz CT molecular complexity index is 907. The lowest BCUT2D eigenvalue weighted by molar-refractivity contribution is 1.27. The van der Waals surface area contributed by atoms with Gasteiger partial charge in [-0.25, -0.2) is 0 Å². The maximum absolute atomic E-state index is 2.47. The highest BCUT2D eigenvalue weighted by Gasteiger charge is 2.13. The van der Waals surface area contributed by atoms with Crippen LogP contribution in [0.3, 0.4) is 0 Å². The van der Waals surface area contributed by atoms with E-state index in [0.29, 0.717) is 0 Å². The average molecular weight is 369 g/mol. The van der Waals surface area contributed by atoms with Crippen LogP contribution in [0.2, 0.25) is 0 Å². The lowest BCUT2D eigenvalue weighted by atomic mass is 10.0. The Kier molecular flexibility index (Phi) is 2.77. The molecule has 0 saturated carbocycles. The molecule has 4 rings (SSSR count). The Morgan fingerprint density at radius 3 is 2.25 bits per heavy atom. The number of aromatic nitrogens is 1. The summed E-state index contributed by atoms with van der Waals surface area (Å²) in [7, 11) is 0. The van der Waals surface area contributed by atoms with E-state index in [1.165, 1.54) is 31.1 Å². The van der Waals surface area contributed by atoms with Crippen LogP contribution in [0.25, 0.3) is 27.5 Å². The van der Waals surface area contributed by atoms with Gasteiger partial charge in [0.05, 0.1) is 11.0 Å². The second-order valence-electron chi connectivity index (χ2n) is 4.84. The Hall–Kier alpha value is -1.81. The summed E-state index contributed by atoms with van der Waals surface area (Å²) in [6, 6.07) is 23.5. The first-order valence-electron chi connectivity index (χ1n) is 6.59. The van der Waals surface area contributed by atoms with E-state index in [1.807, 2.05) is 0 Å². The van der Waals surface area contributed by atoms with Crippen molar-refractivity contribution in [3.8, 4) is 11.1 Å². The van der Waals surface area contributed by atoms with E-state index in [-0.39, 0.29) is 0 Å². The van der Waals surface area contributed by atoms with Gasteiger partial charge in [0.2, 0.25) is 0 Å². The molecule has 0 aliphatic rings. The number of halogens is 1. The number of benzene rings is 2. The molecular weight excluding hydrogens is 357 g/mol. The molecule has 0 aliphatic carbocycles. The molecule has 0 radical (unpaired) electrons. The van der Waals surface area contributed by atoms with Crippen molar-refractivity contribution < 1.29 is 0 Å². The Balaban J connectivity index is 2.24. The normalized spacial score (nSPS) is 11.2. The van der Waals surface area contributed by atoms with Crippen molar-refractivity contribution in [2.45, 2.75) is 0 Å². The molecule has 0 N–H and O–H groups in total. The molecule has 0 atom stereocenters. The fraction of sp³-hybridized carbons (Fsp3) is 0. The molecule has 20 heavy (non-hydrogen) atoms. The SMILES string of the molecule is Ic1c(-c2ccccc2)c2cccn2c2ccccc12. The maximum Gasteiger partial charge on any atom is 0.0545 e. The summed E-state index contributed by atoms with van der Waals surface area (Å²) >= 11 is 2.47. The molecule has 0 aliphatic heterocycles. The molecule has 4 aromatic rings. The van der Waals surface area contributed by atoms with Gasteiger partial charge in [0.25, 0.3) is 0 Å². The molecule has 96 valence electrons. The summed E-state index contributed by atoms with van der Waals surface area (Å²) < 4.78 is 3.59. The minimum atomic E-state index is 1.26. The summed E-state index contributed by atoms with van der Waals surface area (Å²) in [5, 5.41) is 1.30. The second-order valence-corrected chi connectivity index (χ2v) is 5.91. The topological polar surface area (TPSA) is 4.41 Å². The van der Waals surface area contributed by atoms with E-state index in [2.05, 4.69) is 99.9 Å². The monoisotopic (exact) mass is 369 g/mol. The van der Waals surface area contributed by atoms with Crippen LogP contribution in [0.5, 0.6) is 0 Å².